The lowest BCUT2D eigenvalue weighted by molar-refractivity contribution is 0.0692. The van der Waals surface area contributed by atoms with E-state index >= 15 is 0 Å². The van der Waals surface area contributed by atoms with Crippen molar-refractivity contribution >= 4 is 28.6 Å². The van der Waals surface area contributed by atoms with E-state index in [0.29, 0.717) is 18.4 Å². The first-order valence-corrected chi connectivity index (χ1v) is 17.4. The van der Waals surface area contributed by atoms with Gasteiger partial charge in [-0.25, -0.2) is 9.78 Å². The lowest BCUT2D eigenvalue weighted by Crippen LogP contribution is -2.27. The van der Waals surface area contributed by atoms with E-state index < -0.39 is 10.9 Å². The van der Waals surface area contributed by atoms with Crippen LogP contribution >= 0.6 is 11.8 Å². The number of hydrogen-bond donors (Lipinski definition) is 2. The molecule has 0 aliphatic rings. The van der Waals surface area contributed by atoms with Crippen LogP contribution < -0.4 is 4.74 Å². The smallest absolute Gasteiger partial charge is 0.341 e. The van der Waals surface area contributed by atoms with E-state index in [2.05, 4.69) is 43.1 Å². The summed E-state index contributed by atoms with van der Waals surface area (Å²) in [6, 6.07) is 15.9. The molecule has 0 aliphatic heterocycles. The molecule has 2 aromatic carbocycles. The van der Waals surface area contributed by atoms with Gasteiger partial charge in [-0.15, -0.1) is 0 Å². The Morgan fingerprint density at radius 3 is 2.00 bits per heavy atom. The maximum absolute atomic E-state index is 11.9. The van der Waals surface area contributed by atoms with Gasteiger partial charge in [0.2, 0.25) is 5.88 Å². The topological polar surface area (TPSA) is 79.7 Å². The molecule has 2 N–H and O–H groups in total. The summed E-state index contributed by atoms with van der Waals surface area (Å²) in [5.41, 5.74) is 3.25. The van der Waals surface area contributed by atoms with Crippen LogP contribution in [0.1, 0.15) is 132 Å². The van der Waals surface area contributed by atoms with Gasteiger partial charge in [-0.2, -0.15) is 0 Å². The molecule has 3 rings (SSSR count). The van der Waals surface area contributed by atoms with Crippen molar-refractivity contribution < 1.29 is 19.7 Å². The number of pyridine rings is 1. The first-order valence-electron chi connectivity index (χ1n) is 16.6. The van der Waals surface area contributed by atoms with E-state index in [1.165, 1.54) is 113 Å². The van der Waals surface area contributed by atoms with Gasteiger partial charge in [0.15, 0.2) is 0 Å². The molecule has 0 amide bonds. The first kappa shape index (κ1) is 34.9. The van der Waals surface area contributed by atoms with Crippen LogP contribution in [0.2, 0.25) is 0 Å². The number of carboxylic acids is 1. The van der Waals surface area contributed by atoms with E-state index in [1.807, 2.05) is 18.2 Å². The third-order valence-corrected chi connectivity index (χ3v) is 9.48. The normalized spacial score (nSPS) is 12.8. The standard InChI is InChI=1S/C37H53NO4S/c1-4-6-7-8-9-10-11-12-13-14-15-16-17-20-29-21-18-19-22-31(29)28-37(41,25-5-2)43-32-24-23-30-26-33(36(39)40)35(42-3)38-34(30)27-32/h18-19,21-24,26-27,41H,4-17,20,25,28H2,1-3H3,(H,39,40)/t37-/m0/s1. The van der Waals surface area contributed by atoms with Gasteiger partial charge >= 0.3 is 5.97 Å². The number of nitrogens with zero attached hydrogens (tertiary/aromatic N) is 1. The van der Waals surface area contributed by atoms with Gasteiger partial charge in [-0.05, 0) is 48.6 Å². The third-order valence-electron chi connectivity index (χ3n) is 8.26. The maximum Gasteiger partial charge on any atom is 0.341 e. The molecule has 6 heteroatoms. The number of carbonyl (C=O) groups is 1. The zero-order chi connectivity index (χ0) is 30.9. The fraction of sp³-hybridized carbons (Fsp3) is 0.568. The Bertz CT molecular complexity index is 1260. The monoisotopic (exact) mass is 607 g/mol. The Kier molecular flexibility index (Phi) is 15.4. The van der Waals surface area contributed by atoms with Crippen LogP contribution in [0, 0.1) is 0 Å². The number of fused-ring (bicyclic) bond motifs is 1. The Morgan fingerprint density at radius 2 is 1.42 bits per heavy atom. The number of benzene rings is 2. The molecule has 0 spiro atoms. The lowest BCUT2D eigenvalue weighted by atomic mass is 9.95. The second-order valence-corrected chi connectivity index (χ2v) is 13.4. The summed E-state index contributed by atoms with van der Waals surface area (Å²) in [5, 5.41) is 22.1. The molecule has 0 unspecified atom stereocenters. The highest BCUT2D eigenvalue weighted by Gasteiger charge is 2.29. The van der Waals surface area contributed by atoms with Crippen molar-refractivity contribution in [3.63, 3.8) is 0 Å². The predicted molar refractivity (Wildman–Crippen MR) is 181 cm³/mol. The highest BCUT2D eigenvalue weighted by molar-refractivity contribution is 8.00. The van der Waals surface area contributed by atoms with E-state index in [-0.39, 0.29) is 11.4 Å². The SMILES string of the molecule is CCCCCCCCCCCCCCCc1ccccc1C[C@](O)(CCC)Sc1ccc2cc(C(=O)O)c(OC)nc2c1. The Morgan fingerprint density at radius 1 is 0.814 bits per heavy atom. The number of aromatic carboxylic acids is 1. The zero-order valence-electron chi connectivity index (χ0n) is 26.7. The van der Waals surface area contributed by atoms with Gasteiger partial charge < -0.3 is 14.9 Å². The van der Waals surface area contributed by atoms with Crippen molar-refractivity contribution in [2.45, 2.75) is 133 Å². The molecule has 43 heavy (non-hydrogen) atoms. The summed E-state index contributed by atoms with van der Waals surface area (Å²) >= 11 is 1.46. The van der Waals surface area contributed by atoms with Crippen molar-refractivity contribution in [3.05, 3.63) is 65.2 Å². The van der Waals surface area contributed by atoms with Crippen molar-refractivity contribution in [3.8, 4) is 5.88 Å². The minimum atomic E-state index is -1.07. The highest BCUT2D eigenvalue weighted by Crippen LogP contribution is 2.39. The molecule has 0 bridgehead atoms. The first-order chi connectivity index (χ1) is 20.9. The summed E-state index contributed by atoms with van der Waals surface area (Å²) in [6.07, 6.45) is 20.8. The quantitative estimate of drug-likeness (QED) is 0.0672. The molecule has 1 aromatic heterocycles. The summed E-state index contributed by atoms with van der Waals surface area (Å²) in [6.45, 7) is 4.38. The third kappa shape index (κ3) is 11.8. The van der Waals surface area contributed by atoms with Crippen LogP contribution in [0.15, 0.2) is 53.4 Å². The molecule has 1 heterocycles. The van der Waals surface area contributed by atoms with Crippen molar-refractivity contribution in [2.75, 3.05) is 7.11 Å². The molecule has 0 radical (unpaired) electrons. The van der Waals surface area contributed by atoms with Gasteiger partial charge in [0.1, 0.15) is 10.5 Å². The van der Waals surface area contributed by atoms with E-state index in [9.17, 15) is 15.0 Å². The molecule has 0 fully saturated rings. The largest absolute Gasteiger partial charge is 0.480 e. The molecule has 3 aromatic rings. The second-order valence-electron chi connectivity index (χ2n) is 11.9. The summed E-state index contributed by atoms with van der Waals surface area (Å²) in [5.74, 6) is -0.979. The average Bonchev–Trinajstić information content (AvgIpc) is 2.99. The molecule has 5 nitrogen and oxygen atoms in total. The number of hydrogen-bond acceptors (Lipinski definition) is 5. The van der Waals surface area contributed by atoms with Crippen LogP contribution in [0.25, 0.3) is 10.9 Å². The minimum absolute atomic E-state index is 0.0398. The summed E-state index contributed by atoms with van der Waals surface area (Å²) in [7, 11) is 1.43. The number of aryl methyl sites for hydroxylation is 1. The number of aromatic nitrogens is 1. The van der Waals surface area contributed by atoms with Crippen LogP contribution in [0.5, 0.6) is 5.88 Å². The Labute approximate surface area is 263 Å². The molecule has 0 saturated heterocycles. The van der Waals surface area contributed by atoms with Crippen molar-refractivity contribution in [2.24, 2.45) is 0 Å². The summed E-state index contributed by atoms with van der Waals surface area (Å²) < 4.78 is 5.23. The van der Waals surface area contributed by atoms with Gasteiger partial charge in [-0.3, -0.25) is 0 Å². The minimum Gasteiger partial charge on any atom is -0.480 e. The van der Waals surface area contributed by atoms with E-state index in [1.54, 1.807) is 6.07 Å². The molecule has 1 atom stereocenters. The van der Waals surface area contributed by atoms with E-state index in [0.717, 1.165) is 23.1 Å². The molecular formula is C37H53NO4S. The Balaban J connectivity index is 1.52. The van der Waals surface area contributed by atoms with E-state index in [4.69, 9.17) is 4.74 Å². The number of methoxy groups -OCH3 is 1. The highest BCUT2D eigenvalue weighted by atomic mass is 32.2. The number of ether oxygens (including phenoxy) is 1. The fourth-order valence-corrected chi connectivity index (χ4v) is 7.17. The number of unbranched alkanes of at least 4 members (excludes halogenated alkanes) is 12. The number of aliphatic hydroxyl groups is 1. The fourth-order valence-electron chi connectivity index (χ4n) is 5.89. The second kappa shape index (κ2) is 19.0. The van der Waals surface area contributed by atoms with Gasteiger partial charge in [0, 0.05) is 16.7 Å². The number of thioether (sulfide) groups is 1. The average molecular weight is 608 g/mol. The lowest BCUT2D eigenvalue weighted by Gasteiger charge is -2.28. The van der Waals surface area contributed by atoms with Gasteiger partial charge in [0.25, 0.3) is 0 Å². The number of carboxylic acid groups (broad SMARTS) is 1. The molecule has 236 valence electrons. The van der Waals surface area contributed by atoms with Crippen molar-refractivity contribution in [1.29, 1.82) is 0 Å². The maximum atomic E-state index is 11.9. The van der Waals surface area contributed by atoms with Crippen LogP contribution in [-0.2, 0) is 12.8 Å². The number of rotatable bonds is 22. The zero-order valence-corrected chi connectivity index (χ0v) is 27.5. The Hall–Kier alpha value is -2.57. The van der Waals surface area contributed by atoms with Gasteiger partial charge in [0.05, 0.1) is 12.6 Å². The predicted octanol–water partition coefficient (Wildman–Crippen LogP) is 10.4. The van der Waals surface area contributed by atoms with Crippen LogP contribution in [-0.4, -0.2) is 33.2 Å². The van der Waals surface area contributed by atoms with Crippen molar-refractivity contribution in [1.82, 2.24) is 4.98 Å². The molecule has 0 saturated carbocycles. The summed E-state index contributed by atoms with van der Waals surface area (Å²) in [4.78, 5) is 16.0. The van der Waals surface area contributed by atoms with Gasteiger partial charge in [-0.1, -0.05) is 139 Å². The molecular weight excluding hydrogens is 554 g/mol. The van der Waals surface area contributed by atoms with Crippen LogP contribution in [0.3, 0.4) is 0 Å². The molecule has 0 aliphatic carbocycles. The van der Waals surface area contributed by atoms with Crippen LogP contribution in [0.4, 0.5) is 0 Å².